The van der Waals surface area contributed by atoms with Gasteiger partial charge in [-0.3, -0.25) is 0 Å². The normalized spacial score (nSPS) is 32.3. The molecule has 0 amide bonds. The molecule has 0 nitrogen and oxygen atoms in total. The topological polar surface area (TPSA) is 0 Å². The van der Waals surface area contributed by atoms with Gasteiger partial charge in [0.25, 0.3) is 0 Å². The molecule has 7 rings (SSSR count). The molecule has 47 heavy (non-hydrogen) atoms. The van der Waals surface area contributed by atoms with Crippen LogP contribution in [0, 0.1) is 46.3 Å². The summed E-state index contributed by atoms with van der Waals surface area (Å²) in [5.74, 6) is 4.93. The summed E-state index contributed by atoms with van der Waals surface area (Å²) in [6.07, 6.45) is 13.4. The average molecular weight is 751 g/mol. The Morgan fingerprint density at radius 3 is 2.04 bits per heavy atom. The standard InChI is InChI=1S/C29H37.C9H13.C6H10.2ClH.Zr/c1-16-13-14-25-26-23-12-10-9-11-22(23)15-24(26)27-19(4)17(2)18(3)21(6)29(27,8)28(25,7)20(16)5;1-9(2,3)8-6-4-5-7-8;1-2-4-6-5-3-1;;;/h9-14,16-18,20-21H,15H2,1-8H3;4-7H,1-3H3;1-5H2;2*1H;/q2*-1;;;;+2/p-2. The van der Waals surface area contributed by atoms with E-state index in [-0.39, 0.29) is 35.6 Å². The van der Waals surface area contributed by atoms with E-state index in [4.69, 9.17) is 0 Å². The van der Waals surface area contributed by atoms with Crippen LogP contribution in [0.3, 0.4) is 0 Å². The molecule has 0 heterocycles. The number of allylic oxidation sites excluding steroid dienone is 6. The molecule has 2 fully saturated rings. The van der Waals surface area contributed by atoms with E-state index in [9.17, 15) is 0 Å². The van der Waals surface area contributed by atoms with E-state index in [1.54, 1.807) is 55.7 Å². The monoisotopic (exact) mass is 748 g/mol. The molecule has 5 aliphatic rings. The molecule has 0 saturated heterocycles. The molecule has 256 valence electrons. The first-order chi connectivity index (χ1) is 21.2. The summed E-state index contributed by atoms with van der Waals surface area (Å²) in [5.41, 5.74) is 11.7. The van der Waals surface area contributed by atoms with Crippen molar-refractivity contribution in [3.63, 3.8) is 0 Å². The average Bonchev–Trinajstić information content (AvgIpc) is 3.68. The maximum absolute atomic E-state index is 2.63. The van der Waals surface area contributed by atoms with Gasteiger partial charge in [-0.2, -0.15) is 34.9 Å². The van der Waals surface area contributed by atoms with Crippen LogP contribution in [0.4, 0.5) is 0 Å². The summed E-state index contributed by atoms with van der Waals surface area (Å²) in [4.78, 5) is 0. The molecule has 2 aromatic carbocycles. The second-order valence-electron chi connectivity index (χ2n) is 16.6. The third kappa shape index (κ3) is 7.00. The van der Waals surface area contributed by atoms with Crippen LogP contribution in [0.25, 0.3) is 5.57 Å². The molecular formula is C44H60Cl2Zr-2. The van der Waals surface area contributed by atoms with Crippen LogP contribution in [0.15, 0.2) is 77.4 Å². The van der Waals surface area contributed by atoms with Crippen LogP contribution in [0.5, 0.6) is 0 Å². The van der Waals surface area contributed by atoms with Crippen molar-refractivity contribution in [2.24, 2.45) is 40.4 Å². The Balaban J connectivity index is 0.000000275. The Hall–Kier alpha value is -1.01. The first kappa shape index (κ1) is 40.4. The van der Waals surface area contributed by atoms with Gasteiger partial charge in [0.2, 0.25) is 0 Å². The third-order valence-corrected chi connectivity index (χ3v) is 14.7. The van der Waals surface area contributed by atoms with E-state index < -0.39 is 0 Å². The van der Waals surface area contributed by atoms with Crippen LogP contribution in [-0.2, 0) is 36.1 Å². The zero-order valence-corrected chi connectivity index (χ0v) is 35.1. The molecule has 0 aliphatic heterocycles. The van der Waals surface area contributed by atoms with Crippen LogP contribution in [-0.4, -0.2) is 3.21 Å². The molecule has 3 heteroatoms. The van der Waals surface area contributed by atoms with Gasteiger partial charge >= 0.3 is 59.5 Å². The van der Waals surface area contributed by atoms with E-state index >= 15 is 0 Å². The zero-order valence-electron chi connectivity index (χ0n) is 31.2. The summed E-state index contributed by atoms with van der Waals surface area (Å²) in [6.45, 7) is 26.9. The summed E-state index contributed by atoms with van der Waals surface area (Å²) < 4.78 is 1.80. The van der Waals surface area contributed by atoms with Gasteiger partial charge in [0, 0.05) is 5.41 Å². The first-order valence-corrected chi connectivity index (χ1v) is 19.3. The van der Waals surface area contributed by atoms with Crippen molar-refractivity contribution < 1.29 is 49.0 Å². The van der Waals surface area contributed by atoms with Crippen molar-refractivity contribution in [1.82, 2.24) is 0 Å². The molecule has 0 radical (unpaired) electrons. The Bertz CT molecular complexity index is 1470. The van der Waals surface area contributed by atoms with Crippen molar-refractivity contribution in [2.75, 3.05) is 0 Å². The number of benzene rings is 1. The van der Waals surface area contributed by atoms with Crippen LogP contribution < -0.4 is 24.8 Å². The predicted molar refractivity (Wildman–Crippen MR) is 193 cm³/mol. The van der Waals surface area contributed by atoms with Gasteiger partial charge in [-0.15, -0.1) is 6.92 Å². The molecule has 5 aliphatic carbocycles. The zero-order chi connectivity index (χ0) is 32.9. The van der Waals surface area contributed by atoms with Gasteiger partial charge in [-0.05, 0) is 34.7 Å². The van der Waals surface area contributed by atoms with Gasteiger partial charge < -0.3 is 24.8 Å². The number of rotatable bonds is 0. The van der Waals surface area contributed by atoms with Gasteiger partial charge in [-0.25, -0.2) is 12.0 Å². The SMILES string of the molecule is CC(C)(C)c1cc[cH-]c1.C[C-]1C2=C3Cc4ccccc4C3=C3C=CC(C)C(C)C3(C)C2(C)C(C)C(C)C1C.[Cl-].[Cl-].[Zr+2]=[C]1CCCCC1. The van der Waals surface area contributed by atoms with Crippen molar-refractivity contribution in [2.45, 2.75) is 120 Å². The fourth-order valence-corrected chi connectivity index (χ4v) is 10.6. The minimum absolute atomic E-state index is 0. The van der Waals surface area contributed by atoms with E-state index in [1.165, 1.54) is 48.8 Å². The van der Waals surface area contributed by atoms with Crippen LogP contribution in [0.1, 0.15) is 125 Å². The van der Waals surface area contributed by atoms with Crippen molar-refractivity contribution >= 4 is 8.78 Å². The molecule has 2 saturated carbocycles. The fourth-order valence-electron chi connectivity index (χ4n) is 9.69. The quantitative estimate of drug-likeness (QED) is 0.288. The van der Waals surface area contributed by atoms with E-state index in [1.807, 2.05) is 0 Å². The van der Waals surface area contributed by atoms with Crippen molar-refractivity contribution in [3.8, 4) is 0 Å². The van der Waals surface area contributed by atoms with Crippen LogP contribution >= 0.6 is 0 Å². The molecule has 0 aromatic heterocycles. The summed E-state index contributed by atoms with van der Waals surface area (Å²) in [6, 6.07) is 17.7. The second kappa shape index (κ2) is 15.5. The van der Waals surface area contributed by atoms with Gasteiger partial charge in [-0.1, -0.05) is 140 Å². The molecule has 7 unspecified atom stereocenters. The number of hydrogen-bond donors (Lipinski definition) is 0. The van der Waals surface area contributed by atoms with Gasteiger partial charge in [0.1, 0.15) is 0 Å². The minimum atomic E-state index is 0. The number of hydrogen-bond acceptors (Lipinski definition) is 0. The molecular weight excluding hydrogens is 691 g/mol. The predicted octanol–water partition coefficient (Wildman–Crippen LogP) is 6.06. The molecule has 0 spiro atoms. The summed E-state index contributed by atoms with van der Waals surface area (Å²) >= 11 is 1.69. The Labute approximate surface area is 316 Å². The maximum atomic E-state index is 2.63. The molecule has 2 aromatic rings. The van der Waals surface area contributed by atoms with Gasteiger partial charge in [0.05, 0.1) is 0 Å². The van der Waals surface area contributed by atoms with Gasteiger partial charge in [0.15, 0.2) is 0 Å². The van der Waals surface area contributed by atoms with E-state index in [0.717, 1.165) is 6.42 Å². The third-order valence-electron chi connectivity index (χ3n) is 13.5. The second-order valence-corrected chi connectivity index (χ2v) is 18.3. The van der Waals surface area contributed by atoms with E-state index in [0.29, 0.717) is 35.0 Å². The Kier molecular flexibility index (Phi) is 13.3. The summed E-state index contributed by atoms with van der Waals surface area (Å²) in [5, 5.41) is 0. The molecule has 0 N–H and O–H groups in total. The van der Waals surface area contributed by atoms with Crippen molar-refractivity contribution in [3.05, 3.63) is 100 Å². The Morgan fingerprint density at radius 1 is 0.872 bits per heavy atom. The van der Waals surface area contributed by atoms with Crippen LogP contribution in [0.2, 0.25) is 0 Å². The Morgan fingerprint density at radius 2 is 1.51 bits per heavy atom. The van der Waals surface area contributed by atoms with E-state index in [2.05, 4.69) is 137 Å². The summed E-state index contributed by atoms with van der Waals surface area (Å²) in [7, 11) is 0. The molecule has 0 bridgehead atoms. The number of fused-ring (bicyclic) bond motifs is 6. The van der Waals surface area contributed by atoms with Crippen molar-refractivity contribution in [1.29, 1.82) is 0 Å². The number of halogens is 2. The first-order valence-electron chi connectivity index (χ1n) is 18.0. The molecule has 7 atom stereocenters. The fraction of sp³-hybridized carbons (Fsp3) is 0.568.